The number of rotatable bonds is 2. The Morgan fingerprint density at radius 1 is 0.750 bits per heavy atom. The van der Waals surface area contributed by atoms with Crippen LogP contribution in [-0.4, -0.2) is 19.9 Å². The number of H-pyrrole nitrogens is 2. The molecule has 4 heteroatoms. The summed E-state index contributed by atoms with van der Waals surface area (Å²) in [6, 6.07) is 8.03. The Labute approximate surface area is 92.4 Å². The SMILES string of the molecule is c1ccc(-c2ncc[nH]2)c(-c2ncc[nH]2)c1. The van der Waals surface area contributed by atoms with Gasteiger partial charge in [0.05, 0.1) is 0 Å². The molecule has 2 heterocycles. The van der Waals surface area contributed by atoms with Crippen LogP contribution in [-0.2, 0) is 0 Å². The van der Waals surface area contributed by atoms with Gasteiger partial charge in [0.2, 0.25) is 0 Å². The molecule has 0 aliphatic carbocycles. The summed E-state index contributed by atoms with van der Waals surface area (Å²) < 4.78 is 0. The molecule has 2 N–H and O–H groups in total. The van der Waals surface area contributed by atoms with E-state index in [2.05, 4.69) is 19.9 Å². The van der Waals surface area contributed by atoms with Crippen LogP contribution in [0.5, 0.6) is 0 Å². The molecule has 78 valence electrons. The first-order valence-corrected chi connectivity index (χ1v) is 5.03. The maximum Gasteiger partial charge on any atom is 0.138 e. The molecule has 16 heavy (non-hydrogen) atoms. The van der Waals surface area contributed by atoms with E-state index in [1.54, 1.807) is 12.4 Å². The molecule has 1 aromatic carbocycles. The minimum absolute atomic E-state index is 0.854. The number of aromatic nitrogens is 4. The van der Waals surface area contributed by atoms with Crippen molar-refractivity contribution in [3.8, 4) is 22.8 Å². The van der Waals surface area contributed by atoms with Gasteiger partial charge in [-0.3, -0.25) is 0 Å². The second-order valence-electron chi connectivity index (χ2n) is 3.42. The van der Waals surface area contributed by atoms with E-state index in [1.165, 1.54) is 0 Å². The molecular formula is C12H10N4. The highest BCUT2D eigenvalue weighted by Gasteiger charge is 2.09. The van der Waals surface area contributed by atoms with Crippen molar-refractivity contribution in [1.82, 2.24) is 19.9 Å². The lowest BCUT2D eigenvalue weighted by atomic mass is 10.1. The molecule has 0 fully saturated rings. The Bertz CT molecular complexity index is 514. The number of nitrogens with zero attached hydrogens (tertiary/aromatic N) is 2. The molecule has 0 amide bonds. The largest absolute Gasteiger partial charge is 0.345 e. The molecule has 0 radical (unpaired) electrons. The quantitative estimate of drug-likeness (QED) is 0.682. The number of nitrogens with one attached hydrogen (secondary N) is 2. The van der Waals surface area contributed by atoms with Gasteiger partial charge >= 0.3 is 0 Å². The van der Waals surface area contributed by atoms with Gasteiger partial charge in [-0.05, 0) is 0 Å². The summed E-state index contributed by atoms with van der Waals surface area (Å²) in [6.45, 7) is 0. The van der Waals surface area contributed by atoms with Gasteiger partial charge in [-0.15, -0.1) is 0 Å². The Morgan fingerprint density at radius 2 is 1.25 bits per heavy atom. The van der Waals surface area contributed by atoms with Crippen LogP contribution in [0.2, 0.25) is 0 Å². The maximum absolute atomic E-state index is 4.26. The van der Waals surface area contributed by atoms with Crippen molar-refractivity contribution in [2.24, 2.45) is 0 Å². The van der Waals surface area contributed by atoms with Crippen LogP contribution >= 0.6 is 0 Å². The molecule has 0 bridgehead atoms. The third kappa shape index (κ3) is 1.40. The van der Waals surface area contributed by atoms with Crippen molar-refractivity contribution in [3.05, 3.63) is 49.1 Å². The second-order valence-corrected chi connectivity index (χ2v) is 3.42. The van der Waals surface area contributed by atoms with Gasteiger partial charge in [0, 0.05) is 35.9 Å². The van der Waals surface area contributed by atoms with Gasteiger partial charge in [0.25, 0.3) is 0 Å². The lowest BCUT2D eigenvalue weighted by Gasteiger charge is -2.03. The summed E-state index contributed by atoms with van der Waals surface area (Å²) in [5, 5.41) is 0. The van der Waals surface area contributed by atoms with Gasteiger partial charge < -0.3 is 9.97 Å². The Hall–Kier alpha value is -2.36. The fourth-order valence-corrected chi connectivity index (χ4v) is 1.72. The van der Waals surface area contributed by atoms with Crippen molar-refractivity contribution >= 4 is 0 Å². The first-order valence-electron chi connectivity index (χ1n) is 5.03. The van der Waals surface area contributed by atoms with Crippen molar-refractivity contribution < 1.29 is 0 Å². The van der Waals surface area contributed by atoms with Crippen molar-refractivity contribution in [1.29, 1.82) is 0 Å². The first kappa shape index (κ1) is 8.91. The van der Waals surface area contributed by atoms with Crippen LogP contribution in [0.4, 0.5) is 0 Å². The number of aromatic amines is 2. The van der Waals surface area contributed by atoms with Gasteiger partial charge in [-0.25, -0.2) is 9.97 Å². The van der Waals surface area contributed by atoms with E-state index >= 15 is 0 Å². The van der Waals surface area contributed by atoms with Gasteiger partial charge in [0.15, 0.2) is 0 Å². The molecular weight excluding hydrogens is 200 g/mol. The highest BCUT2D eigenvalue weighted by atomic mass is 14.9. The average molecular weight is 210 g/mol. The van der Waals surface area contributed by atoms with Gasteiger partial charge in [0.1, 0.15) is 11.6 Å². The number of hydrogen-bond acceptors (Lipinski definition) is 2. The van der Waals surface area contributed by atoms with Crippen LogP contribution < -0.4 is 0 Å². The molecule has 4 nitrogen and oxygen atoms in total. The van der Waals surface area contributed by atoms with E-state index in [4.69, 9.17) is 0 Å². The Balaban J connectivity index is 2.19. The van der Waals surface area contributed by atoms with Crippen LogP contribution in [0, 0.1) is 0 Å². The summed E-state index contributed by atoms with van der Waals surface area (Å²) in [6.07, 6.45) is 7.12. The topological polar surface area (TPSA) is 57.4 Å². The zero-order chi connectivity index (χ0) is 10.8. The summed E-state index contributed by atoms with van der Waals surface area (Å²) in [5.74, 6) is 1.71. The fourth-order valence-electron chi connectivity index (χ4n) is 1.72. The minimum Gasteiger partial charge on any atom is -0.345 e. The summed E-state index contributed by atoms with van der Waals surface area (Å²) in [7, 11) is 0. The second kappa shape index (κ2) is 3.66. The Morgan fingerprint density at radius 3 is 1.62 bits per heavy atom. The first-order chi connectivity index (χ1) is 7.95. The molecule has 0 saturated carbocycles. The van der Waals surface area contributed by atoms with Crippen LogP contribution in [0.1, 0.15) is 0 Å². The molecule has 0 aliphatic rings. The van der Waals surface area contributed by atoms with E-state index in [-0.39, 0.29) is 0 Å². The zero-order valence-corrected chi connectivity index (χ0v) is 8.51. The minimum atomic E-state index is 0.854. The van der Waals surface area contributed by atoms with Gasteiger partial charge in [-0.1, -0.05) is 24.3 Å². The summed E-state index contributed by atoms with van der Waals surface area (Å²) in [4.78, 5) is 14.7. The lowest BCUT2D eigenvalue weighted by Crippen LogP contribution is -1.87. The normalized spacial score (nSPS) is 10.5. The molecule has 3 aromatic rings. The zero-order valence-electron chi connectivity index (χ0n) is 8.51. The third-order valence-electron chi connectivity index (χ3n) is 2.43. The van der Waals surface area contributed by atoms with Crippen molar-refractivity contribution in [2.45, 2.75) is 0 Å². The van der Waals surface area contributed by atoms with Crippen molar-refractivity contribution in [3.63, 3.8) is 0 Å². The van der Waals surface area contributed by atoms with E-state index in [9.17, 15) is 0 Å². The Kier molecular flexibility index (Phi) is 2.04. The van der Waals surface area contributed by atoms with E-state index in [0.717, 1.165) is 22.8 Å². The molecule has 3 rings (SSSR count). The van der Waals surface area contributed by atoms with Gasteiger partial charge in [-0.2, -0.15) is 0 Å². The predicted molar refractivity (Wildman–Crippen MR) is 61.6 cm³/mol. The number of imidazole rings is 2. The molecule has 0 unspecified atom stereocenters. The molecule has 0 aliphatic heterocycles. The molecule has 0 saturated heterocycles. The summed E-state index contributed by atoms with van der Waals surface area (Å²) in [5.41, 5.74) is 2.09. The van der Waals surface area contributed by atoms with Crippen molar-refractivity contribution in [2.75, 3.05) is 0 Å². The predicted octanol–water partition coefficient (Wildman–Crippen LogP) is 2.47. The van der Waals surface area contributed by atoms with Crippen LogP contribution in [0.25, 0.3) is 22.8 Å². The summed E-state index contributed by atoms with van der Waals surface area (Å²) >= 11 is 0. The lowest BCUT2D eigenvalue weighted by molar-refractivity contribution is 1.27. The third-order valence-corrected chi connectivity index (χ3v) is 2.43. The number of hydrogen-bond donors (Lipinski definition) is 2. The standard InChI is InChI=1S/C12H10N4/c1-2-4-10(12-15-7-8-16-12)9(3-1)11-13-5-6-14-11/h1-8H,(H,13,14)(H,15,16). The number of benzene rings is 1. The van der Waals surface area contributed by atoms with Crippen LogP contribution in [0.3, 0.4) is 0 Å². The molecule has 0 atom stereocenters. The average Bonchev–Trinajstić information content (AvgIpc) is 3.03. The monoisotopic (exact) mass is 210 g/mol. The highest BCUT2D eigenvalue weighted by molar-refractivity contribution is 5.76. The maximum atomic E-state index is 4.26. The highest BCUT2D eigenvalue weighted by Crippen LogP contribution is 2.27. The fraction of sp³-hybridized carbons (Fsp3) is 0. The van der Waals surface area contributed by atoms with E-state index in [1.807, 2.05) is 36.7 Å². The smallest absolute Gasteiger partial charge is 0.138 e. The van der Waals surface area contributed by atoms with Crippen LogP contribution in [0.15, 0.2) is 49.1 Å². The molecule has 0 spiro atoms. The van der Waals surface area contributed by atoms with E-state index in [0.29, 0.717) is 0 Å². The van der Waals surface area contributed by atoms with E-state index < -0.39 is 0 Å². The molecule has 2 aromatic heterocycles.